The molecule has 0 saturated heterocycles. The van der Waals surface area contributed by atoms with Crippen molar-refractivity contribution in [1.29, 1.82) is 0 Å². The topological polar surface area (TPSA) is 34.1 Å². The molecule has 3 rings (SSSR count). The Balaban J connectivity index is 2.62. The van der Waals surface area contributed by atoms with Gasteiger partial charge in [0.2, 0.25) is 0 Å². The molecule has 3 fully saturated rings. The number of carbonyl (C=O) groups is 2. The molecule has 0 amide bonds. The first-order valence-corrected chi connectivity index (χ1v) is 6.71. The molecule has 4 heteroatoms. The van der Waals surface area contributed by atoms with E-state index in [0.29, 0.717) is 0 Å². The van der Waals surface area contributed by atoms with E-state index >= 15 is 0 Å². The van der Waals surface area contributed by atoms with Gasteiger partial charge in [-0.1, -0.05) is 45.7 Å². The standard InChI is InChI=1S/C11H14Br2O2/c1-9(2)6-4-5-10(3,8(9)15)11(12,13)7(6)14/h6H,4-5H2,1-3H3. The third-order valence-corrected chi connectivity index (χ3v) is 6.74. The predicted octanol–water partition coefficient (Wildman–Crippen LogP) is 3.07. The lowest BCUT2D eigenvalue weighted by atomic mass is 9.50. The van der Waals surface area contributed by atoms with Crippen LogP contribution in [0.25, 0.3) is 0 Å². The molecule has 0 aromatic carbocycles. The van der Waals surface area contributed by atoms with Gasteiger partial charge in [0.05, 0.1) is 5.41 Å². The van der Waals surface area contributed by atoms with Crippen LogP contribution in [-0.4, -0.2) is 14.8 Å². The lowest BCUT2D eigenvalue weighted by molar-refractivity contribution is -0.161. The summed E-state index contributed by atoms with van der Waals surface area (Å²) < 4.78 is -0.845. The summed E-state index contributed by atoms with van der Waals surface area (Å²) in [4.78, 5) is 24.6. The monoisotopic (exact) mass is 336 g/mol. The molecule has 0 radical (unpaired) electrons. The van der Waals surface area contributed by atoms with Gasteiger partial charge in [0.25, 0.3) is 0 Å². The Morgan fingerprint density at radius 2 is 1.73 bits per heavy atom. The number of halogens is 2. The molecule has 0 aromatic heterocycles. The number of carbonyl (C=O) groups excluding carboxylic acids is 2. The fourth-order valence-electron chi connectivity index (χ4n) is 3.03. The Hall–Kier alpha value is 0.300. The second-order valence-corrected chi connectivity index (χ2v) is 8.86. The van der Waals surface area contributed by atoms with Crippen LogP contribution in [0.2, 0.25) is 0 Å². The van der Waals surface area contributed by atoms with Gasteiger partial charge in [-0.25, -0.2) is 0 Å². The Morgan fingerprint density at radius 3 is 2.27 bits per heavy atom. The van der Waals surface area contributed by atoms with Crippen LogP contribution in [0.1, 0.15) is 33.6 Å². The number of ketones is 2. The van der Waals surface area contributed by atoms with Crippen LogP contribution in [0.5, 0.6) is 0 Å². The Kier molecular flexibility index (Phi) is 2.31. The maximum atomic E-state index is 12.4. The van der Waals surface area contributed by atoms with Crippen LogP contribution < -0.4 is 0 Å². The van der Waals surface area contributed by atoms with Crippen molar-refractivity contribution in [2.45, 2.75) is 36.8 Å². The number of Topliss-reactive ketones (excluding diaryl/α,β-unsaturated/α-hetero) is 2. The lowest BCUT2D eigenvalue weighted by Crippen LogP contribution is -2.66. The van der Waals surface area contributed by atoms with E-state index in [9.17, 15) is 9.59 Å². The van der Waals surface area contributed by atoms with Crippen LogP contribution in [0, 0.1) is 16.7 Å². The number of rotatable bonds is 0. The van der Waals surface area contributed by atoms with E-state index in [-0.39, 0.29) is 17.5 Å². The summed E-state index contributed by atoms with van der Waals surface area (Å²) in [5.74, 6) is 0.172. The fourth-order valence-corrected chi connectivity index (χ4v) is 4.34. The lowest BCUT2D eigenvalue weighted by Gasteiger charge is -2.57. The van der Waals surface area contributed by atoms with Crippen molar-refractivity contribution in [2.24, 2.45) is 16.7 Å². The average molecular weight is 338 g/mol. The van der Waals surface area contributed by atoms with Gasteiger partial charge in [-0.05, 0) is 19.8 Å². The smallest absolute Gasteiger partial charge is 0.165 e. The van der Waals surface area contributed by atoms with E-state index in [1.54, 1.807) is 0 Å². The Morgan fingerprint density at radius 1 is 1.20 bits per heavy atom. The van der Waals surface area contributed by atoms with Gasteiger partial charge >= 0.3 is 0 Å². The zero-order valence-corrected chi connectivity index (χ0v) is 12.2. The van der Waals surface area contributed by atoms with E-state index in [1.165, 1.54) is 0 Å². The van der Waals surface area contributed by atoms with Gasteiger partial charge < -0.3 is 0 Å². The van der Waals surface area contributed by atoms with Crippen molar-refractivity contribution < 1.29 is 9.59 Å². The Labute approximate surface area is 106 Å². The molecule has 0 aliphatic heterocycles. The SMILES string of the molecule is CC1(C)C(=O)C2(C)CCC1C(=O)C2(Br)Br. The summed E-state index contributed by atoms with van der Waals surface area (Å²) in [7, 11) is 0. The second-order valence-electron chi connectivity index (χ2n) is 5.41. The molecule has 0 spiro atoms. The minimum Gasteiger partial charge on any atom is -0.298 e. The van der Waals surface area contributed by atoms with E-state index < -0.39 is 14.1 Å². The summed E-state index contributed by atoms with van der Waals surface area (Å²) in [6.45, 7) is 5.67. The highest BCUT2D eigenvalue weighted by Gasteiger charge is 2.69. The molecule has 0 heterocycles. The van der Waals surface area contributed by atoms with Gasteiger partial charge in [0.15, 0.2) is 9.02 Å². The van der Waals surface area contributed by atoms with Gasteiger partial charge in [-0.3, -0.25) is 9.59 Å². The van der Waals surface area contributed by atoms with E-state index in [4.69, 9.17) is 0 Å². The largest absolute Gasteiger partial charge is 0.298 e. The molecule has 84 valence electrons. The van der Waals surface area contributed by atoms with Gasteiger partial charge in [-0.15, -0.1) is 0 Å². The quantitative estimate of drug-likeness (QED) is 0.636. The molecule has 0 aromatic rings. The molecule has 3 aliphatic rings. The highest BCUT2D eigenvalue weighted by Crippen LogP contribution is 2.63. The maximum Gasteiger partial charge on any atom is 0.165 e. The minimum atomic E-state index is -0.845. The summed E-state index contributed by atoms with van der Waals surface area (Å²) in [6.07, 6.45) is 1.61. The normalized spacial score (nSPS) is 42.1. The first-order chi connectivity index (χ1) is 6.65. The maximum absolute atomic E-state index is 12.4. The molecular formula is C11H14Br2O2. The summed E-state index contributed by atoms with van der Waals surface area (Å²) in [5, 5.41) is 0. The van der Waals surface area contributed by atoms with Crippen LogP contribution in [0.4, 0.5) is 0 Å². The summed E-state index contributed by atoms with van der Waals surface area (Å²) in [6, 6.07) is 0. The number of hydrogen-bond acceptors (Lipinski definition) is 2. The zero-order valence-electron chi connectivity index (χ0n) is 9.06. The van der Waals surface area contributed by atoms with Crippen molar-refractivity contribution in [3.8, 4) is 0 Å². The molecule has 2 atom stereocenters. The molecule has 15 heavy (non-hydrogen) atoms. The minimum absolute atomic E-state index is 0.126. The fraction of sp³-hybridized carbons (Fsp3) is 0.818. The molecular weight excluding hydrogens is 324 g/mol. The van der Waals surface area contributed by atoms with Crippen molar-refractivity contribution in [3.05, 3.63) is 0 Å². The average Bonchev–Trinajstić information content (AvgIpc) is 2.11. The summed E-state index contributed by atoms with van der Waals surface area (Å²) >= 11 is 6.82. The van der Waals surface area contributed by atoms with E-state index in [0.717, 1.165) is 12.8 Å². The highest BCUT2D eigenvalue weighted by molar-refractivity contribution is 9.26. The number of hydrogen-bond donors (Lipinski definition) is 0. The second kappa shape index (κ2) is 2.95. The van der Waals surface area contributed by atoms with Crippen molar-refractivity contribution in [3.63, 3.8) is 0 Å². The summed E-state index contributed by atoms with van der Waals surface area (Å²) in [5.41, 5.74) is -1.11. The predicted molar refractivity (Wildman–Crippen MR) is 65.2 cm³/mol. The van der Waals surface area contributed by atoms with Crippen molar-refractivity contribution in [1.82, 2.24) is 0 Å². The zero-order chi connectivity index (χ0) is 11.6. The van der Waals surface area contributed by atoms with Gasteiger partial charge in [0, 0.05) is 11.3 Å². The molecule has 3 saturated carbocycles. The highest BCUT2D eigenvalue weighted by atomic mass is 79.9. The van der Waals surface area contributed by atoms with Gasteiger partial charge in [0.1, 0.15) is 5.78 Å². The first kappa shape index (κ1) is 11.8. The molecule has 2 unspecified atom stereocenters. The van der Waals surface area contributed by atoms with E-state index in [1.807, 2.05) is 20.8 Å². The number of fused-ring (bicyclic) bond motifs is 3. The van der Waals surface area contributed by atoms with E-state index in [2.05, 4.69) is 31.9 Å². The van der Waals surface area contributed by atoms with Crippen molar-refractivity contribution in [2.75, 3.05) is 0 Å². The third-order valence-electron chi connectivity index (χ3n) is 4.21. The molecule has 2 nitrogen and oxygen atoms in total. The molecule has 3 aliphatic carbocycles. The van der Waals surface area contributed by atoms with Crippen LogP contribution in [0.15, 0.2) is 0 Å². The third kappa shape index (κ3) is 1.15. The van der Waals surface area contributed by atoms with Crippen LogP contribution >= 0.6 is 31.9 Å². The number of alkyl halides is 2. The molecule has 0 N–H and O–H groups in total. The molecule has 2 bridgehead atoms. The van der Waals surface area contributed by atoms with Crippen molar-refractivity contribution >= 4 is 43.4 Å². The van der Waals surface area contributed by atoms with Crippen LogP contribution in [0.3, 0.4) is 0 Å². The van der Waals surface area contributed by atoms with Crippen LogP contribution in [-0.2, 0) is 9.59 Å². The van der Waals surface area contributed by atoms with Gasteiger partial charge in [-0.2, -0.15) is 0 Å². The Bertz CT molecular complexity index is 360. The first-order valence-electron chi connectivity index (χ1n) is 5.13.